The van der Waals surface area contributed by atoms with Gasteiger partial charge >= 0.3 is 0 Å². The largest absolute Gasteiger partial charge is 0.349 e. The number of ketones is 1. The van der Waals surface area contributed by atoms with Crippen LogP contribution < -0.4 is 11.1 Å². The topological polar surface area (TPSA) is 72.2 Å². The molecule has 0 aromatic heterocycles. The van der Waals surface area contributed by atoms with Gasteiger partial charge in [0, 0.05) is 22.5 Å². The fourth-order valence-corrected chi connectivity index (χ4v) is 2.87. The highest BCUT2D eigenvalue weighted by Gasteiger charge is 2.27. The van der Waals surface area contributed by atoms with Gasteiger partial charge in [-0.1, -0.05) is 24.1 Å². The van der Waals surface area contributed by atoms with E-state index in [0.717, 1.165) is 19.3 Å². The maximum absolute atomic E-state index is 12.1. The monoisotopic (exact) mass is 294 g/mol. The first-order valence-electron chi connectivity index (χ1n) is 6.89. The van der Waals surface area contributed by atoms with Crippen molar-refractivity contribution in [2.45, 2.75) is 31.7 Å². The fourth-order valence-electron chi connectivity index (χ4n) is 2.68. The first-order valence-corrected chi connectivity index (χ1v) is 7.27. The predicted octanol–water partition coefficient (Wildman–Crippen LogP) is 2.16. The predicted molar refractivity (Wildman–Crippen MR) is 78.7 cm³/mol. The Hall–Kier alpha value is -1.39. The van der Waals surface area contributed by atoms with E-state index in [-0.39, 0.29) is 30.2 Å². The molecule has 1 amide bonds. The van der Waals surface area contributed by atoms with Gasteiger partial charge in [-0.25, -0.2) is 0 Å². The van der Waals surface area contributed by atoms with Crippen LogP contribution in [0.15, 0.2) is 24.3 Å². The highest BCUT2D eigenvalue weighted by molar-refractivity contribution is 6.30. The van der Waals surface area contributed by atoms with Crippen LogP contribution in [0, 0.1) is 5.92 Å². The van der Waals surface area contributed by atoms with Crippen molar-refractivity contribution < 1.29 is 9.59 Å². The van der Waals surface area contributed by atoms with Crippen LogP contribution in [0.3, 0.4) is 0 Å². The maximum Gasteiger partial charge on any atom is 0.251 e. The third-order valence-corrected chi connectivity index (χ3v) is 3.99. The first-order chi connectivity index (χ1) is 9.60. The second-order valence-electron chi connectivity index (χ2n) is 5.21. The summed E-state index contributed by atoms with van der Waals surface area (Å²) in [6.07, 6.45) is 3.40. The average Bonchev–Trinajstić information content (AvgIpc) is 2.46. The van der Waals surface area contributed by atoms with E-state index in [1.165, 1.54) is 0 Å². The highest BCUT2D eigenvalue weighted by Crippen LogP contribution is 2.25. The fraction of sp³-hybridized carbons (Fsp3) is 0.467. The Bertz CT molecular complexity index is 504. The second-order valence-corrected chi connectivity index (χ2v) is 5.65. The number of nitrogens with one attached hydrogen (secondary N) is 1. The molecule has 0 spiro atoms. The molecule has 1 aromatic rings. The normalized spacial score (nSPS) is 22.3. The van der Waals surface area contributed by atoms with E-state index in [2.05, 4.69) is 5.32 Å². The molecule has 1 aliphatic carbocycles. The number of rotatable bonds is 4. The van der Waals surface area contributed by atoms with Crippen molar-refractivity contribution in [2.24, 2.45) is 11.7 Å². The molecule has 1 fully saturated rings. The molecular weight excluding hydrogens is 276 g/mol. The first kappa shape index (κ1) is 15.0. The number of Topliss-reactive ketones (excluding diaryl/α,β-unsaturated/α-hetero) is 1. The zero-order chi connectivity index (χ0) is 14.5. The summed E-state index contributed by atoms with van der Waals surface area (Å²) in [5.41, 5.74) is 5.95. The van der Waals surface area contributed by atoms with Crippen LogP contribution in [0.2, 0.25) is 5.02 Å². The minimum atomic E-state index is -0.140. The van der Waals surface area contributed by atoms with Gasteiger partial charge in [-0.3, -0.25) is 9.59 Å². The molecule has 0 unspecified atom stereocenters. The van der Waals surface area contributed by atoms with E-state index in [9.17, 15) is 9.59 Å². The van der Waals surface area contributed by atoms with E-state index in [1.807, 2.05) is 0 Å². The van der Waals surface area contributed by atoms with Crippen molar-refractivity contribution in [3.63, 3.8) is 0 Å². The van der Waals surface area contributed by atoms with Crippen molar-refractivity contribution >= 4 is 23.3 Å². The molecule has 2 atom stereocenters. The molecule has 0 heterocycles. The van der Waals surface area contributed by atoms with Crippen molar-refractivity contribution in [2.75, 3.05) is 6.54 Å². The minimum absolute atomic E-state index is 0.0154. The molecule has 20 heavy (non-hydrogen) atoms. The molecule has 0 aliphatic heterocycles. The molecule has 108 valence electrons. The molecule has 1 aliphatic rings. The Labute approximate surface area is 123 Å². The number of amides is 1. The summed E-state index contributed by atoms with van der Waals surface area (Å²) in [4.78, 5) is 23.8. The zero-order valence-electron chi connectivity index (χ0n) is 11.3. The number of halogens is 1. The van der Waals surface area contributed by atoms with Gasteiger partial charge in [0.2, 0.25) is 0 Å². The summed E-state index contributed by atoms with van der Waals surface area (Å²) < 4.78 is 0. The Morgan fingerprint density at radius 3 is 2.85 bits per heavy atom. The van der Waals surface area contributed by atoms with E-state index < -0.39 is 0 Å². The zero-order valence-corrected chi connectivity index (χ0v) is 12.0. The van der Waals surface area contributed by atoms with Crippen molar-refractivity contribution in [1.82, 2.24) is 5.32 Å². The van der Waals surface area contributed by atoms with Crippen LogP contribution in [0.1, 0.15) is 36.0 Å². The molecule has 0 radical (unpaired) electrons. The number of hydrogen-bond donors (Lipinski definition) is 2. The lowest BCUT2D eigenvalue weighted by Crippen LogP contribution is -2.40. The van der Waals surface area contributed by atoms with Crippen LogP contribution in [0.25, 0.3) is 0 Å². The summed E-state index contributed by atoms with van der Waals surface area (Å²) in [5, 5.41) is 3.52. The van der Waals surface area contributed by atoms with Crippen LogP contribution in [0.4, 0.5) is 0 Å². The number of carbonyl (C=O) groups excluding carboxylic acids is 2. The van der Waals surface area contributed by atoms with Crippen molar-refractivity contribution in [3.8, 4) is 0 Å². The van der Waals surface area contributed by atoms with Crippen LogP contribution in [0.5, 0.6) is 0 Å². The van der Waals surface area contributed by atoms with Crippen LogP contribution in [-0.2, 0) is 4.79 Å². The molecule has 1 saturated carbocycles. The van der Waals surface area contributed by atoms with Crippen molar-refractivity contribution in [3.05, 3.63) is 34.9 Å². The standard InChI is InChI=1S/C15H19ClN2O2/c16-12-5-1-4-11(7-12)15(20)18-13-6-2-3-10(8-13)14(19)9-17/h1,4-5,7,10,13H,2-3,6,8-9,17H2,(H,18,20)/t10-,13+/m1/s1. The number of nitrogens with two attached hydrogens (primary N) is 1. The molecule has 3 N–H and O–H groups in total. The molecule has 4 nitrogen and oxygen atoms in total. The third kappa shape index (κ3) is 3.81. The number of hydrogen-bond acceptors (Lipinski definition) is 3. The van der Waals surface area contributed by atoms with Gasteiger partial charge in [0.05, 0.1) is 6.54 Å². The van der Waals surface area contributed by atoms with Gasteiger partial charge in [-0.2, -0.15) is 0 Å². The maximum atomic E-state index is 12.1. The lowest BCUT2D eigenvalue weighted by atomic mass is 9.83. The van der Waals surface area contributed by atoms with Gasteiger partial charge in [0.15, 0.2) is 0 Å². The van der Waals surface area contributed by atoms with Crippen molar-refractivity contribution in [1.29, 1.82) is 0 Å². The molecule has 5 heteroatoms. The number of benzene rings is 1. The Kier molecular flexibility index (Phi) is 5.15. The SMILES string of the molecule is NCC(=O)[C@@H]1CCC[C@H](NC(=O)c2cccc(Cl)c2)C1. The highest BCUT2D eigenvalue weighted by atomic mass is 35.5. The van der Waals surface area contributed by atoms with E-state index in [1.54, 1.807) is 24.3 Å². The molecule has 0 bridgehead atoms. The Morgan fingerprint density at radius 2 is 2.15 bits per heavy atom. The van der Waals surface area contributed by atoms with Gasteiger partial charge in [-0.05, 0) is 37.5 Å². The lowest BCUT2D eigenvalue weighted by Gasteiger charge is -2.28. The van der Waals surface area contributed by atoms with Gasteiger partial charge in [-0.15, -0.1) is 0 Å². The summed E-state index contributed by atoms with van der Waals surface area (Å²) >= 11 is 5.88. The summed E-state index contributed by atoms with van der Waals surface area (Å²) in [6, 6.07) is 6.89. The van der Waals surface area contributed by atoms with E-state index >= 15 is 0 Å². The lowest BCUT2D eigenvalue weighted by molar-refractivity contribution is -0.122. The Balaban J connectivity index is 1.96. The molecule has 2 rings (SSSR count). The second kappa shape index (κ2) is 6.86. The smallest absolute Gasteiger partial charge is 0.251 e. The van der Waals surface area contributed by atoms with Gasteiger partial charge < -0.3 is 11.1 Å². The molecule has 0 saturated heterocycles. The summed E-state index contributed by atoms with van der Waals surface area (Å²) in [5.74, 6) is -0.0662. The minimum Gasteiger partial charge on any atom is -0.349 e. The quantitative estimate of drug-likeness (QED) is 0.894. The van der Waals surface area contributed by atoms with Crippen LogP contribution in [-0.4, -0.2) is 24.3 Å². The number of carbonyl (C=O) groups is 2. The summed E-state index contributed by atoms with van der Waals surface area (Å²) in [6.45, 7) is 0.0830. The van der Waals surface area contributed by atoms with E-state index in [4.69, 9.17) is 17.3 Å². The average molecular weight is 295 g/mol. The van der Waals surface area contributed by atoms with E-state index in [0.29, 0.717) is 17.0 Å². The summed E-state index contributed by atoms with van der Waals surface area (Å²) in [7, 11) is 0. The third-order valence-electron chi connectivity index (χ3n) is 3.75. The van der Waals surface area contributed by atoms with Crippen LogP contribution >= 0.6 is 11.6 Å². The van der Waals surface area contributed by atoms with Gasteiger partial charge in [0.25, 0.3) is 5.91 Å². The van der Waals surface area contributed by atoms with Gasteiger partial charge in [0.1, 0.15) is 5.78 Å². The Morgan fingerprint density at radius 1 is 1.35 bits per heavy atom. The molecule has 1 aromatic carbocycles. The molecular formula is C15H19ClN2O2.